The highest BCUT2D eigenvalue weighted by atomic mass is 32.2. The first-order chi connectivity index (χ1) is 14.5. The first kappa shape index (κ1) is 19.5. The van der Waals surface area contributed by atoms with Crippen LogP contribution in [0.2, 0.25) is 0 Å². The summed E-state index contributed by atoms with van der Waals surface area (Å²) in [5, 5.41) is 2.40. The molecule has 0 unspecified atom stereocenters. The number of fused-ring (bicyclic) bond motifs is 2. The van der Waals surface area contributed by atoms with Gasteiger partial charge in [-0.1, -0.05) is 36.7 Å². The van der Waals surface area contributed by atoms with Gasteiger partial charge in [0.05, 0.1) is 16.7 Å². The molecule has 2 N–H and O–H groups in total. The van der Waals surface area contributed by atoms with Crippen LogP contribution in [0.4, 0.5) is 5.82 Å². The molecule has 0 saturated heterocycles. The largest absolute Gasteiger partial charge is 0.383 e. The van der Waals surface area contributed by atoms with Gasteiger partial charge in [0.1, 0.15) is 16.5 Å². The van der Waals surface area contributed by atoms with Crippen LogP contribution < -0.4 is 11.3 Å². The number of nitrogens with zero attached hydrogens (tertiary/aromatic N) is 4. The zero-order chi connectivity index (χ0) is 20.8. The number of nitrogens with two attached hydrogens (primary N) is 1. The maximum atomic E-state index is 13.5. The van der Waals surface area contributed by atoms with Crippen LogP contribution in [0.1, 0.15) is 48.0 Å². The zero-order valence-electron chi connectivity index (χ0n) is 17.0. The molecule has 4 aromatic rings. The molecule has 1 aliphatic rings. The van der Waals surface area contributed by atoms with Crippen LogP contribution in [-0.4, -0.2) is 19.5 Å². The first-order valence-electron chi connectivity index (χ1n) is 10.2. The van der Waals surface area contributed by atoms with E-state index >= 15 is 0 Å². The van der Waals surface area contributed by atoms with Gasteiger partial charge in [0.15, 0.2) is 5.16 Å². The van der Waals surface area contributed by atoms with Gasteiger partial charge in [-0.15, -0.1) is 11.3 Å². The number of aryl methyl sites for hydroxylation is 2. The van der Waals surface area contributed by atoms with E-state index in [0.717, 1.165) is 62.4 Å². The molecule has 154 valence electrons. The molecule has 1 aromatic carbocycles. The van der Waals surface area contributed by atoms with E-state index < -0.39 is 0 Å². The number of rotatable bonds is 4. The van der Waals surface area contributed by atoms with Crippen molar-refractivity contribution in [2.45, 2.75) is 56.5 Å². The number of thiophene rings is 1. The van der Waals surface area contributed by atoms with Crippen molar-refractivity contribution >= 4 is 50.0 Å². The van der Waals surface area contributed by atoms with Crippen LogP contribution >= 0.6 is 23.1 Å². The van der Waals surface area contributed by atoms with Crippen LogP contribution in [0.15, 0.2) is 34.2 Å². The third-order valence-electron chi connectivity index (χ3n) is 5.90. The molecule has 0 amide bonds. The molecule has 5 rings (SSSR count). The summed E-state index contributed by atoms with van der Waals surface area (Å²) in [5.41, 5.74) is 8.13. The average Bonchev–Trinajstić information content (AvgIpc) is 3.35. The Kier molecular flexibility index (Phi) is 4.99. The Morgan fingerprint density at radius 2 is 1.93 bits per heavy atom. The summed E-state index contributed by atoms with van der Waals surface area (Å²) in [4.78, 5) is 29.5. The van der Waals surface area contributed by atoms with Gasteiger partial charge < -0.3 is 5.73 Å². The first-order valence-corrected chi connectivity index (χ1v) is 12.0. The fraction of sp³-hybridized carbons (Fsp3) is 0.364. The summed E-state index contributed by atoms with van der Waals surface area (Å²) in [6.45, 7) is 4.08. The third-order valence-corrected chi connectivity index (χ3v) is 7.95. The van der Waals surface area contributed by atoms with Gasteiger partial charge in [0.2, 0.25) is 0 Å². The second-order valence-electron chi connectivity index (χ2n) is 7.80. The molecule has 1 aliphatic carbocycles. The van der Waals surface area contributed by atoms with Crippen LogP contribution in [0.5, 0.6) is 0 Å². The molecule has 0 atom stereocenters. The highest BCUT2D eigenvalue weighted by Gasteiger charge is 2.25. The van der Waals surface area contributed by atoms with Crippen molar-refractivity contribution < 1.29 is 0 Å². The highest BCUT2D eigenvalue weighted by Crippen LogP contribution is 2.35. The van der Waals surface area contributed by atoms with Crippen molar-refractivity contribution in [1.29, 1.82) is 0 Å². The Hall–Kier alpha value is -2.45. The van der Waals surface area contributed by atoms with Crippen molar-refractivity contribution in [3.8, 4) is 0 Å². The Labute approximate surface area is 182 Å². The monoisotopic (exact) mass is 437 g/mol. The lowest BCUT2D eigenvalue weighted by Gasteiger charge is -2.18. The number of thioether (sulfide) groups is 1. The number of para-hydroxylation sites is 1. The number of nitrogen functional groups attached to an aromatic ring is 1. The lowest BCUT2D eigenvalue weighted by Crippen LogP contribution is -2.26. The maximum absolute atomic E-state index is 13.5. The molecule has 8 heteroatoms. The Balaban J connectivity index is 1.56. The predicted octanol–water partition coefficient (Wildman–Crippen LogP) is 5.01. The van der Waals surface area contributed by atoms with Crippen LogP contribution in [0.25, 0.3) is 21.1 Å². The van der Waals surface area contributed by atoms with Crippen LogP contribution in [-0.2, 0) is 5.75 Å². The zero-order valence-corrected chi connectivity index (χ0v) is 18.6. The molecule has 1 fully saturated rings. The predicted molar refractivity (Wildman–Crippen MR) is 124 cm³/mol. The van der Waals surface area contributed by atoms with Crippen molar-refractivity contribution in [3.05, 3.63) is 50.9 Å². The van der Waals surface area contributed by atoms with E-state index in [1.165, 1.54) is 11.8 Å². The van der Waals surface area contributed by atoms with E-state index in [1.807, 2.05) is 35.8 Å². The SMILES string of the molecule is Cc1sc2nc(SCc3nc(N)c4ccccc4n3)n(C3CCCC3)c(=O)c2c1C. The second kappa shape index (κ2) is 7.67. The molecule has 0 bridgehead atoms. The van der Waals surface area contributed by atoms with Crippen molar-refractivity contribution in [2.75, 3.05) is 5.73 Å². The summed E-state index contributed by atoms with van der Waals surface area (Å²) < 4.78 is 1.93. The third kappa shape index (κ3) is 3.28. The van der Waals surface area contributed by atoms with Gasteiger partial charge in [-0.25, -0.2) is 15.0 Å². The van der Waals surface area contributed by atoms with E-state index in [0.29, 0.717) is 17.4 Å². The summed E-state index contributed by atoms with van der Waals surface area (Å²) >= 11 is 3.12. The van der Waals surface area contributed by atoms with Gasteiger partial charge in [0, 0.05) is 16.3 Å². The number of anilines is 1. The number of aromatic nitrogens is 4. The van der Waals surface area contributed by atoms with E-state index in [-0.39, 0.29) is 11.6 Å². The molecular weight excluding hydrogens is 414 g/mol. The Morgan fingerprint density at radius 1 is 1.17 bits per heavy atom. The number of hydrogen-bond donors (Lipinski definition) is 1. The second-order valence-corrected chi connectivity index (χ2v) is 9.95. The van der Waals surface area contributed by atoms with Crippen LogP contribution in [0.3, 0.4) is 0 Å². The quantitative estimate of drug-likeness (QED) is 0.357. The lowest BCUT2D eigenvalue weighted by atomic mass is 10.2. The minimum atomic E-state index is 0.0928. The van der Waals surface area contributed by atoms with Crippen molar-refractivity contribution in [3.63, 3.8) is 0 Å². The number of hydrogen-bond acceptors (Lipinski definition) is 7. The minimum absolute atomic E-state index is 0.0928. The van der Waals surface area contributed by atoms with Gasteiger partial charge >= 0.3 is 0 Å². The summed E-state index contributed by atoms with van der Waals surface area (Å²) in [5.74, 6) is 1.66. The fourth-order valence-electron chi connectivity index (χ4n) is 4.22. The molecule has 3 heterocycles. The molecule has 0 radical (unpaired) electrons. The van der Waals surface area contributed by atoms with Gasteiger partial charge in [-0.2, -0.15) is 0 Å². The van der Waals surface area contributed by atoms with Crippen molar-refractivity contribution in [2.24, 2.45) is 0 Å². The Bertz CT molecular complexity index is 1320. The van der Waals surface area contributed by atoms with Gasteiger partial charge in [0.25, 0.3) is 5.56 Å². The molecule has 0 spiro atoms. The smallest absolute Gasteiger partial charge is 0.263 e. The van der Waals surface area contributed by atoms with Crippen molar-refractivity contribution in [1.82, 2.24) is 19.5 Å². The van der Waals surface area contributed by atoms with Gasteiger partial charge in [-0.3, -0.25) is 9.36 Å². The molecule has 30 heavy (non-hydrogen) atoms. The minimum Gasteiger partial charge on any atom is -0.383 e. The van der Waals surface area contributed by atoms with E-state index in [2.05, 4.69) is 16.9 Å². The molecule has 0 aliphatic heterocycles. The normalized spacial score (nSPS) is 14.9. The number of benzene rings is 1. The highest BCUT2D eigenvalue weighted by molar-refractivity contribution is 7.98. The van der Waals surface area contributed by atoms with Gasteiger partial charge in [-0.05, 0) is 44.4 Å². The molecular formula is C22H23N5OS2. The lowest BCUT2D eigenvalue weighted by molar-refractivity contribution is 0.458. The summed E-state index contributed by atoms with van der Waals surface area (Å²) in [6.07, 6.45) is 4.38. The fourth-order valence-corrected chi connectivity index (χ4v) is 6.21. The summed E-state index contributed by atoms with van der Waals surface area (Å²) in [7, 11) is 0. The van der Waals surface area contributed by atoms with E-state index in [1.54, 1.807) is 11.3 Å². The maximum Gasteiger partial charge on any atom is 0.263 e. The van der Waals surface area contributed by atoms with E-state index in [4.69, 9.17) is 10.7 Å². The molecule has 1 saturated carbocycles. The summed E-state index contributed by atoms with van der Waals surface area (Å²) in [6, 6.07) is 7.97. The molecule has 6 nitrogen and oxygen atoms in total. The topological polar surface area (TPSA) is 86.7 Å². The Morgan fingerprint density at radius 3 is 2.73 bits per heavy atom. The molecule has 3 aromatic heterocycles. The van der Waals surface area contributed by atoms with Crippen LogP contribution in [0, 0.1) is 13.8 Å². The average molecular weight is 438 g/mol. The standard InChI is InChI=1S/C22H23N5OS2/c1-12-13(2)30-20-18(12)21(28)27(14-7-3-4-8-14)22(26-20)29-11-17-24-16-10-6-5-9-15(16)19(23)25-17/h5-6,9-10,14H,3-4,7-8,11H2,1-2H3,(H2,23,24,25). The van der Waals surface area contributed by atoms with E-state index in [9.17, 15) is 4.79 Å².